The Kier molecular flexibility index (Phi) is 5.05. The zero-order valence-electron chi connectivity index (χ0n) is 15.1. The predicted molar refractivity (Wildman–Crippen MR) is 105 cm³/mol. The number of nitriles is 1. The molecule has 1 fully saturated rings. The summed E-state index contributed by atoms with van der Waals surface area (Å²) in [6.45, 7) is 1.90. The van der Waals surface area contributed by atoms with E-state index in [0.29, 0.717) is 22.3 Å². The third kappa shape index (κ3) is 4.03. The van der Waals surface area contributed by atoms with E-state index in [4.69, 9.17) is 11.0 Å². The Morgan fingerprint density at radius 2 is 2.04 bits per heavy atom. The molecule has 0 spiro atoms. The summed E-state index contributed by atoms with van der Waals surface area (Å²) in [7, 11) is 0. The van der Waals surface area contributed by atoms with Crippen LogP contribution in [0.1, 0.15) is 30.0 Å². The van der Waals surface area contributed by atoms with E-state index in [1.54, 1.807) is 0 Å². The Morgan fingerprint density at radius 3 is 2.68 bits per heavy atom. The first-order chi connectivity index (χ1) is 13.6. The van der Waals surface area contributed by atoms with E-state index in [1.807, 2.05) is 19.1 Å². The highest BCUT2D eigenvalue weighted by Crippen LogP contribution is 2.32. The fourth-order valence-corrected chi connectivity index (χ4v) is 3.75. The molecule has 4 N–H and O–H groups in total. The summed E-state index contributed by atoms with van der Waals surface area (Å²) in [5, 5.41) is 33.8. The number of nitrogens with one attached hydrogen (secondary N) is 2. The molecule has 1 saturated carbocycles. The SMILES string of the molecule is Cc1nnc(-c2nnc(Nc3cnc(C#N)cn3)cc2NC2CCC(N)C2)s1. The Morgan fingerprint density at radius 1 is 1.14 bits per heavy atom. The minimum absolute atomic E-state index is 0.214. The first-order valence-electron chi connectivity index (χ1n) is 8.80. The van der Waals surface area contributed by atoms with Crippen LogP contribution in [0.3, 0.4) is 0 Å². The number of rotatable bonds is 5. The van der Waals surface area contributed by atoms with Gasteiger partial charge >= 0.3 is 0 Å². The van der Waals surface area contributed by atoms with Crippen molar-refractivity contribution in [2.45, 2.75) is 38.3 Å². The summed E-state index contributed by atoms with van der Waals surface area (Å²) in [4.78, 5) is 8.15. The van der Waals surface area contributed by atoms with E-state index in [0.717, 1.165) is 30.0 Å². The van der Waals surface area contributed by atoms with Crippen molar-refractivity contribution < 1.29 is 0 Å². The van der Waals surface area contributed by atoms with Gasteiger partial charge in [-0.15, -0.1) is 20.4 Å². The lowest BCUT2D eigenvalue weighted by Gasteiger charge is -2.16. The van der Waals surface area contributed by atoms with E-state index in [-0.39, 0.29) is 17.8 Å². The molecule has 0 radical (unpaired) electrons. The summed E-state index contributed by atoms with van der Waals surface area (Å²) < 4.78 is 0. The van der Waals surface area contributed by atoms with E-state index in [1.165, 1.54) is 23.7 Å². The summed E-state index contributed by atoms with van der Waals surface area (Å²) in [6.07, 6.45) is 5.77. The molecule has 0 amide bonds. The van der Waals surface area contributed by atoms with Gasteiger partial charge in [0.05, 0.1) is 18.1 Å². The summed E-state index contributed by atoms with van der Waals surface area (Å²) >= 11 is 1.46. The number of nitrogens with zero attached hydrogens (tertiary/aromatic N) is 7. The van der Waals surface area contributed by atoms with E-state index < -0.39 is 0 Å². The number of aromatic nitrogens is 6. The number of anilines is 3. The normalized spacial score (nSPS) is 18.6. The number of hydrogen-bond donors (Lipinski definition) is 3. The van der Waals surface area contributed by atoms with Gasteiger partial charge < -0.3 is 16.4 Å². The molecule has 0 bridgehead atoms. The van der Waals surface area contributed by atoms with Crippen LogP contribution in [0.2, 0.25) is 0 Å². The molecule has 0 aromatic carbocycles. The highest BCUT2D eigenvalue weighted by atomic mass is 32.1. The molecule has 142 valence electrons. The molecule has 10 nitrogen and oxygen atoms in total. The Hall–Kier alpha value is -3.23. The fraction of sp³-hybridized carbons (Fsp3) is 0.353. The first kappa shape index (κ1) is 18.1. The molecule has 0 aliphatic heterocycles. The van der Waals surface area contributed by atoms with Crippen LogP contribution in [0, 0.1) is 18.3 Å². The lowest BCUT2D eigenvalue weighted by atomic mass is 10.2. The quantitative estimate of drug-likeness (QED) is 0.586. The third-order valence-electron chi connectivity index (χ3n) is 4.38. The summed E-state index contributed by atoms with van der Waals surface area (Å²) in [6, 6.07) is 4.29. The second-order valence-corrected chi connectivity index (χ2v) is 7.74. The van der Waals surface area contributed by atoms with Crippen molar-refractivity contribution in [2.75, 3.05) is 10.6 Å². The van der Waals surface area contributed by atoms with Gasteiger partial charge in [-0.3, -0.25) is 0 Å². The van der Waals surface area contributed by atoms with Crippen molar-refractivity contribution in [3.05, 3.63) is 29.2 Å². The van der Waals surface area contributed by atoms with Crippen LogP contribution in [-0.2, 0) is 0 Å². The van der Waals surface area contributed by atoms with Gasteiger partial charge in [0.1, 0.15) is 22.6 Å². The van der Waals surface area contributed by atoms with Gasteiger partial charge in [-0.25, -0.2) is 9.97 Å². The van der Waals surface area contributed by atoms with E-state index >= 15 is 0 Å². The second kappa shape index (κ2) is 7.79. The molecule has 28 heavy (non-hydrogen) atoms. The maximum Gasteiger partial charge on any atom is 0.170 e. The Balaban J connectivity index is 1.62. The first-order valence-corrected chi connectivity index (χ1v) is 9.62. The summed E-state index contributed by atoms with van der Waals surface area (Å²) in [5.41, 5.74) is 7.77. The van der Waals surface area contributed by atoms with E-state index in [9.17, 15) is 0 Å². The Labute approximate surface area is 165 Å². The highest BCUT2D eigenvalue weighted by Gasteiger charge is 2.24. The molecule has 2 unspecified atom stereocenters. The molecule has 4 rings (SSSR count). The maximum atomic E-state index is 8.83. The van der Waals surface area contributed by atoms with Crippen LogP contribution in [0.5, 0.6) is 0 Å². The Bertz CT molecular complexity index is 1010. The minimum atomic E-state index is 0.214. The van der Waals surface area contributed by atoms with Crippen molar-refractivity contribution >= 4 is 28.7 Å². The average molecular weight is 394 g/mol. The third-order valence-corrected chi connectivity index (χ3v) is 5.22. The number of aryl methyl sites for hydroxylation is 1. The van der Waals surface area contributed by atoms with Crippen molar-refractivity contribution in [2.24, 2.45) is 5.73 Å². The van der Waals surface area contributed by atoms with Gasteiger partial charge in [-0.05, 0) is 26.2 Å². The van der Waals surface area contributed by atoms with Gasteiger partial charge in [0.25, 0.3) is 0 Å². The standard InChI is InChI=1S/C17H18N10S/c1-9-24-27-17(28-9)16-13(22-11-3-2-10(19)4-11)5-14(25-26-16)23-15-8-20-12(6-18)7-21-15/h5,7-8,10-11H,2-4,19H2,1H3,(H2,21,22,23,25). The highest BCUT2D eigenvalue weighted by molar-refractivity contribution is 7.14. The second-order valence-electron chi connectivity index (χ2n) is 6.56. The van der Waals surface area contributed by atoms with Crippen molar-refractivity contribution in [3.63, 3.8) is 0 Å². The molecular formula is C17H18N10S. The van der Waals surface area contributed by atoms with Crippen molar-refractivity contribution in [1.29, 1.82) is 5.26 Å². The van der Waals surface area contributed by atoms with Crippen molar-refractivity contribution in [3.8, 4) is 16.8 Å². The average Bonchev–Trinajstić information content (AvgIpc) is 3.31. The van der Waals surface area contributed by atoms with Crippen LogP contribution in [0.4, 0.5) is 17.3 Å². The van der Waals surface area contributed by atoms with Gasteiger partial charge in [0.2, 0.25) is 0 Å². The van der Waals surface area contributed by atoms with Crippen LogP contribution < -0.4 is 16.4 Å². The number of hydrogen-bond acceptors (Lipinski definition) is 11. The zero-order chi connectivity index (χ0) is 19.5. The molecule has 3 aromatic rings. The largest absolute Gasteiger partial charge is 0.380 e. The molecule has 2 atom stereocenters. The van der Waals surface area contributed by atoms with Gasteiger partial charge in [-0.2, -0.15) is 5.26 Å². The number of nitrogens with two attached hydrogens (primary N) is 1. The van der Waals surface area contributed by atoms with E-state index in [2.05, 4.69) is 41.0 Å². The lowest BCUT2D eigenvalue weighted by molar-refractivity contribution is 0.687. The molecular weight excluding hydrogens is 376 g/mol. The molecule has 0 saturated heterocycles. The minimum Gasteiger partial charge on any atom is -0.380 e. The zero-order valence-corrected chi connectivity index (χ0v) is 15.9. The van der Waals surface area contributed by atoms with Crippen LogP contribution in [0.25, 0.3) is 10.7 Å². The van der Waals surface area contributed by atoms with Gasteiger partial charge in [0.15, 0.2) is 16.5 Å². The van der Waals surface area contributed by atoms with Crippen LogP contribution in [-0.4, -0.2) is 42.4 Å². The predicted octanol–water partition coefficient (Wildman–Crippen LogP) is 2.00. The molecule has 3 aromatic heterocycles. The monoisotopic (exact) mass is 394 g/mol. The van der Waals surface area contributed by atoms with Crippen LogP contribution >= 0.6 is 11.3 Å². The summed E-state index contributed by atoms with van der Waals surface area (Å²) in [5.74, 6) is 0.982. The van der Waals surface area contributed by atoms with Crippen LogP contribution in [0.15, 0.2) is 18.5 Å². The molecule has 11 heteroatoms. The topological polar surface area (TPSA) is 151 Å². The molecule has 1 aliphatic carbocycles. The van der Waals surface area contributed by atoms with Gasteiger partial charge in [-0.1, -0.05) is 11.3 Å². The lowest BCUT2D eigenvalue weighted by Crippen LogP contribution is -2.21. The fourth-order valence-electron chi connectivity index (χ4n) is 3.06. The van der Waals surface area contributed by atoms with Gasteiger partial charge in [0, 0.05) is 18.2 Å². The van der Waals surface area contributed by atoms with Crippen molar-refractivity contribution in [1.82, 2.24) is 30.4 Å². The molecule has 3 heterocycles. The maximum absolute atomic E-state index is 8.83. The molecule has 1 aliphatic rings. The smallest absolute Gasteiger partial charge is 0.170 e.